The van der Waals surface area contributed by atoms with Crippen LogP contribution in [0.25, 0.3) is 0 Å². The van der Waals surface area contributed by atoms with Crippen LogP contribution in [-0.2, 0) is 0 Å². The Morgan fingerprint density at radius 3 is 2.69 bits per heavy atom. The number of aliphatic hydroxyl groups is 1. The lowest BCUT2D eigenvalue weighted by molar-refractivity contribution is 0.0485. The van der Waals surface area contributed by atoms with Gasteiger partial charge in [0.1, 0.15) is 0 Å². The Morgan fingerprint density at radius 1 is 1.46 bits per heavy atom. The predicted molar refractivity (Wildman–Crippen MR) is 55.8 cm³/mol. The zero-order chi connectivity index (χ0) is 9.68. The molecule has 2 heteroatoms. The van der Waals surface area contributed by atoms with E-state index in [-0.39, 0.29) is 0 Å². The van der Waals surface area contributed by atoms with Crippen molar-refractivity contribution in [3.8, 4) is 0 Å². The van der Waals surface area contributed by atoms with Gasteiger partial charge in [0.25, 0.3) is 0 Å². The predicted octanol–water partition coefficient (Wildman–Crippen LogP) is 1.88. The average Bonchev–Trinajstić information content (AvgIpc) is 2.06. The van der Waals surface area contributed by atoms with E-state index in [4.69, 9.17) is 5.11 Å². The van der Waals surface area contributed by atoms with Gasteiger partial charge in [-0.15, -0.1) is 0 Å². The van der Waals surface area contributed by atoms with Crippen LogP contribution in [0.2, 0.25) is 0 Å². The van der Waals surface area contributed by atoms with E-state index in [1.807, 2.05) is 0 Å². The van der Waals surface area contributed by atoms with Crippen LogP contribution in [0.4, 0.5) is 0 Å². The van der Waals surface area contributed by atoms with Crippen LogP contribution in [0.1, 0.15) is 39.5 Å². The fraction of sp³-hybridized carbons (Fsp3) is 1.00. The first-order valence-electron chi connectivity index (χ1n) is 5.62. The monoisotopic (exact) mass is 185 g/mol. The molecule has 1 heterocycles. The lowest BCUT2D eigenvalue weighted by Gasteiger charge is -2.43. The van der Waals surface area contributed by atoms with Crippen molar-refractivity contribution in [2.75, 3.05) is 19.7 Å². The maximum atomic E-state index is 8.71. The number of nitrogens with zero attached hydrogens (tertiary/aromatic N) is 1. The molecule has 78 valence electrons. The molecular weight excluding hydrogens is 162 g/mol. The molecule has 0 aromatic carbocycles. The topological polar surface area (TPSA) is 23.5 Å². The maximum Gasteiger partial charge on any atom is 0.0431 e. The summed E-state index contributed by atoms with van der Waals surface area (Å²) in [5.74, 6) is 0.960. The van der Waals surface area contributed by atoms with Gasteiger partial charge in [0, 0.05) is 25.7 Å². The fourth-order valence-corrected chi connectivity index (χ4v) is 2.13. The standard InChI is InChI=1S/C11H23NO/c1-3-5-11-8-12(9-11)10(2)6-4-7-13/h10-11,13H,3-9H2,1-2H3. The summed E-state index contributed by atoms with van der Waals surface area (Å²) in [5, 5.41) is 8.71. The quantitative estimate of drug-likeness (QED) is 0.683. The molecule has 0 radical (unpaired) electrons. The largest absolute Gasteiger partial charge is 0.396 e. The van der Waals surface area contributed by atoms with Crippen molar-refractivity contribution in [1.82, 2.24) is 4.90 Å². The number of hydrogen-bond donors (Lipinski definition) is 1. The molecule has 0 aromatic rings. The van der Waals surface area contributed by atoms with Gasteiger partial charge in [0.15, 0.2) is 0 Å². The SMILES string of the molecule is CCCC1CN(C(C)CCCO)C1. The number of hydrogen-bond acceptors (Lipinski definition) is 2. The van der Waals surface area contributed by atoms with E-state index in [2.05, 4.69) is 18.7 Å². The second-order valence-electron chi connectivity index (χ2n) is 4.32. The molecule has 1 fully saturated rings. The minimum absolute atomic E-state index is 0.344. The van der Waals surface area contributed by atoms with E-state index < -0.39 is 0 Å². The molecular formula is C11H23NO. The fourth-order valence-electron chi connectivity index (χ4n) is 2.13. The number of rotatable bonds is 6. The third-order valence-corrected chi connectivity index (χ3v) is 3.09. The van der Waals surface area contributed by atoms with Crippen molar-refractivity contribution in [2.45, 2.75) is 45.6 Å². The van der Waals surface area contributed by atoms with Gasteiger partial charge < -0.3 is 10.0 Å². The Morgan fingerprint density at radius 2 is 2.15 bits per heavy atom. The molecule has 0 amide bonds. The van der Waals surface area contributed by atoms with Gasteiger partial charge in [0.05, 0.1) is 0 Å². The van der Waals surface area contributed by atoms with Gasteiger partial charge >= 0.3 is 0 Å². The second kappa shape index (κ2) is 5.61. The van der Waals surface area contributed by atoms with Gasteiger partial charge in [-0.05, 0) is 32.1 Å². The number of aliphatic hydroxyl groups excluding tert-OH is 1. The highest BCUT2D eigenvalue weighted by Gasteiger charge is 2.28. The zero-order valence-corrected chi connectivity index (χ0v) is 9.00. The van der Waals surface area contributed by atoms with Gasteiger partial charge in [-0.3, -0.25) is 0 Å². The Labute approximate surface area is 81.9 Å². The van der Waals surface area contributed by atoms with Gasteiger partial charge in [0.2, 0.25) is 0 Å². The van der Waals surface area contributed by atoms with Crippen LogP contribution in [0, 0.1) is 5.92 Å². The van der Waals surface area contributed by atoms with Gasteiger partial charge in [-0.1, -0.05) is 13.3 Å². The van der Waals surface area contributed by atoms with Crippen molar-refractivity contribution in [3.63, 3.8) is 0 Å². The van der Waals surface area contributed by atoms with Crippen LogP contribution in [0.5, 0.6) is 0 Å². The summed E-state index contributed by atoms with van der Waals surface area (Å²) in [6, 6.07) is 0.681. The van der Waals surface area contributed by atoms with Crippen LogP contribution in [0.3, 0.4) is 0 Å². The molecule has 1 saturated heterocycles. The van der Waals surface area contributed by atoms with Crippen LogP contribution < -0.4 is 0 Å². The summed E-state index contributed by atoms with van der Waals surface area (Å²) in [6.45, 7) is 7.47. The van der Waals surface area contributed by atoms with E-state index in [1.165, 1.54) is 25.9 Å². The Bertz CT molecular complexity index is 132. The first-order chi connectivity index (χ1) is 6.27. The summed E-state index contributed by atoms with van der Waals surface area (Å²) >= 11 is 0. The maximum absolute atomic E-state index is 8.71. The lowest BCUT2D eigenvalue weighted by Crippen LogP contribution is -2.50. The Kier molecular flexibility index (Phi) is 4.74. The molecule has 13 heavy (non-hydrogen) atoms. The van der Waals surface area contributed by atoms with Crippen molar-refractivity contribution in [3.05, 3.63) is 0 Å². The summed E-state index contributed by atoms with van der Waals surface area (Å²) in [5.41, 5.74) is 0. The molecule has 2 nitrogen and oxygen atoms in total. The van der Waals surface area contributed by atoms with E-state index in [0.29, 0.717) is 12.6 Å². The van der Waals surface area contributed by atoms with Crippen LogP contribution >= 0.6 is 0 Å². The van der Waals surface area contributed by atoms with E-state index in [9.17, 15) is 0 Å². The van der Waals surface area contributed by atoms with Gasteiger partial charge in [-0.25, -0.2) is 0 Å². The smallest absolute Gasteiger partial charge is 0.0431 e. The molecule has 1 N–H and O–H groups in total. The van der Waals surface area contributed by atoms with E-state index in [1.54, 1.807) is 0 Å². The molecule has 1 aliphatic rings. The molecule has 1 unspecified atom stereocenters. The molecule has 1 aliphatic heterocycles. The zero-order valence-electron chi connectivity index (χ0n) is 9.00. The summed E-state index contributed by atoms with van der Waals surface area (Å²) in [7, 11) is 0. The summed E-state index contributed by atoms with van der Waals surface area (Å²) in [6.07, 6.45) is 4.82. The normalized spacial score (nSPS) is 21.5. The molecule has 1 atom stereocenters. The highest BCUT2D eigenvalue weighted by molar-refractivity contribution is 4.83. The van der Waals surface area contributed by atoms with E-state index in [0.717, 1.165) is 18.8 Å². The van der Waals surface area contributed by atoms with Crippen molar-refractivity contribution < 1.29 is 5.11 Å². The molecule has 0 spiro atoms. The third-order valence-electron chi connectivity index (χ3n) is 3.09. The summed E-state index contributed by atoms with van der Waals surface area (Å²) < 4.78 is 0. The minimum Gasteiger partial charge on any atom is -0.396 e. The van der Waals surface area contributed by atoms with Crippen molar-refractivity contribution in [2.24, 2.45) is 5.92 Å². The molecule has 1 rings (SSSR count). The second-order valence-corrected chi connectivity index (χ2v) is 4.32. The molecule has 0 saturated carbocycles. The third kappa shape index (κ3) is 3.28. The molecule has 0 aromatic heterocycles. The molecule has 0 bridgehead atoms. The first kappa shape index (κ1) is 11.0. The van der Waals surface area contributed by atoms with Crippen LogP contribution in [0.15, 0.2) is 0 Å². The van der Waals surface area contributed by atoms with Crippen molar-refractivity contribution in [1.29, 1.82) is 0 Å². The first-order valence-corrected chi connectivity index (χ1v) is 5.62. The minimum atomic E-state index is 0.344. The molecule has 0 aliphatic carbocycles. The Balaban J connectivity index is 2.04. The summed E-state index contributed by atoms with van der Waals surface area (Å²) in [4.78, 5) is 2.54. The van der Waals surface area contributed by atoms with E-state index >= 15 is 0 Å². The van der Waals surface area contributed by atoms with Gasteiger partial charge in [-0.2, -0.15) is 0 Å². The Hall–Kier alpha value is -0.0800. The lowest BCUT2D eigenvalue weighted by atomic mass is 9.92. The number of likely N-dealkylation sites (tertiary alicyclic amines) is 1. The average molecular weight is 185 g/mol. The highest BCUT2D eigenvalue weighted by Crippen LogP contribution is 2.24. The van der Waals surface area contributed by atoms with Crippen LogP contribution in [-0.4, -0.2) is 35.7 Å². The van der Waals surface area contributed by atoms with Crippen molar-refractivity contribution >= 4 is 0 Å². The highest BCUT2D eigenvalue weighted by atomic mass is 16.2.